The predicted molar refractivity (Wildman–Crippen MR) is 79.3 cm³/mol. The van der Waals surface area contributed by atoms with Gasteiger partial charge >= 0.3 is 6.18 Å². The number of carbonyl (C=O) groups excluding carboxylic acids is 1. The lowest BCUT2D eigenvalue weighted by molar-refractivity contribution is -0.138. The molecule has 2 heterocycles. The number of halogens is 3. The average Bonchev–Trinajstić information content (AvgIpc) is 3.11. The lowest BCUT2D eigenvalue weighted by Crippen LogP contribution is -2.32. The standard InChI is InChI=1S/C17H16F3NO3/c1-10-6-7-24-15(10)16(23)21-9-11(22)8-14(21)12-4-2-3-5-13(12)17(18,19)20/h2-7,11,14,22H,8-9H2,1H3. The zero-order valence-corrected chi connectivity index (χ0v) is 12.9. The third-order valence-electron chi connectivity index (χ3n) is 4.22. The van der Waals surface area contributed by atoms with Crippen LogP contribution in [0.2, 0.25) is 0 Å². The number of aryl methyl sites for hydroxylation is 1. The van der Waals surface area contributed by atoms with E-state index in [0.29, 0.717) is 5.56 Å². The molecule has 0 radical (unpaired) electrons. The number of furan rings is 1. The van der Waals surface area contributed by atoms with Crippen molar-refractivity contribution in [1.82, 2.24) is 4.90 Å². The van der Waals surface area contributed by atoms with Gasteiger partial charge in [-0.1, -0.05) is 18.2 Å². The Morgan fingerprint density at radius 3 is 2.62 bits per heavy atom. The Morgan fingerprint density at radius 2 is 2.00 bits per heavy atom. The summed E-state index contributed by atoms with van der Waals surface area (Å²) in [4.78, 5) is 13.9. The number of alkyl halides is 3. The summed E-state index contributed by atoms with van der Waals surface area (Å²) in [6.07, 6.45) is -4.00. The monoisotopic (exact) mass is 339 g/mol. The molecular formula is C17H16F3NO3. The van der Waals surface area contributed by atoms with Gasteiger partial charge in [-0.25, -0.2) is 0 Å². The first kappa shape index (κ1) is 16.6. The summed E-state index contributed by atoms with van der Waals surface area (Å²) in [6.45, 7) is 1.65. The van der Waals surface area contributed by atoms with Crippen LogP contribution in [0.15, 0.2) is 41.0 Å². The molecule has 4 nitrogen and oxygen atoms in total. The Hall–Kier alpha value is -2.28. The predicted octanol–water partition coefficient (Wildman–Crippen LogP) is 3.55. The van der Waals surface area contributed by atoms with Crippen LogP contribution in [0.4, 0.5) is 13.2 Å². The minimum atomic E-state index is -4.53. The maximum atomic E-state index is 13.3. The molecule has 128 valence electrons. The molecule has 2 unspecified atom stereocenters. The molecule has 1 aromatic heterocycles. The molecule has 1 aromatic carbocycles. The van der Waals surface area contributed by atoms with Crippen LogP contribution >= 0.6 is 0 Å². The van der Waals surface area contributed by atoms with Crippen LogP contribution in [0.25, 0.3) is 0 Å². The number of nitrogens with zero attached hydrogens (tertiary/aromatic N) is 1. The zero-order chi connectivity index (χ0) is 17.5. The second kappa shape index (κ2) is 5.98. The van der Waals surface area contributed by atoms with E-state index in [-0.39, 0.29) is 24.3 Å². The van der Waals surface area contributed by atoms with E-state index in [1.165, 1.54) is 29.4 Å². The largest absolute Gasteiger partial charge is 0.459 e. The van der Waals surface area contributed by atoms with E-state index in [9.17, 15) is 23.1 Å². The van der Waals surface area contributed by atoms with Gasteiger partial charge < -0.3 is 14.4 Å². The van der Waals surface area contributed by atoms with Gasteiger partial charge in [0.15, 0.2) is 5.76 Å². The number of aliphatic hydroxyl groups excluding tert-OH is 1. The number of likely N-dealkylation sites (tertiary alicyclic amines) is 1. The fourth-order valence-corrected chi connectivity index (χ4v) is 3.10. The normalized spacial score (nSPS) is 21.3. The van der Waals surface area contributed by atoms with Gasteiger partial charge in [-0.2, -0.15) is 13.2 Å². The first-order valence-electron chi connectivity index (χ1n) is 7.48. The molecule has 1 aliphatic heterocycles. The number of rotatable bonds is 2. The van der Waals surface area contributed by atoms with Crippen molar-refractivity contribution in [2.45, 2.75) is 31.7 Å². The Labute approximate surface area is 136 Å². The number of hydrogen-bond donors (Lipinski definition) is 1. The molecule has 0 saturated carbocycles. The van der Waals surface area contributed by atoms with Crippen molar-refractivity contribution < 1.29 is 27.5 Å². The number of carbonyl (C=O) groups is 1. The van der Waals surface area contributed by atoms with Gasteiger partial charge in [0.05, 0.1) is 24.0 Å². The molecular weight excluding hydrogens is 323 g/mol. The second-order valence-corrected chi connectivity index (χ2v) is 5.88. The summed E-state index contributed by atoms with van der Waals surface area (Å²) in [7, 11) is 0. The quantitative estimate of drug-likeness (QED) is 0.910. The van der Waals surface area contributed by atoms with Gasteiger partial charge in [-0.15, -0.1) is 0 Å². The Kier molecular flexibility index (Phi) is 4.13. The van der Waals surface area contributed by atoms with Crippen molar-refractivity contribution in [1.29, 1.82) is 0 Å². The minimum absolute atomic E-state index is 0.0147. The molecule has 0 spiro atoms. The molecule has 1 fully saturated rings. The molecule has 1 N–H and O–H groups in total. The molecule has 0 bridgehead atoms. The van der Waals surface area contributed by atoms with E-state index >= 15 is 0 Å². The first-order chi connectivity index (χ1) is 11.3. The molecule has 1 aliphatic rings. The summed E-state index contributed by atoms with van der Waals surface area (Å²) < 4.78 is 45.0. The van der Waals surface area contributed by atoms with Gasteiger partial charge in [0.1, 0.15) is 0 Å². The van der Waals surface area contributed by atoms with Crippen molar-refractivity contribution in [2.24, 2.45) is 0 Å². The van der Waals surface area contributed by atoms with Crippen molar-refractivity contribution in [2.75, 3.05) is 6.54 Å². The topological polar surface area (TPSA) is 53.7 Å². The first-order valence-corrected chi connectivity index (χ1v) is 7.48. The van der Waals surface area contributed by atoms with Crippen molar-refractivity contribution in [3.63, 3.8) is 0 Å². The van der Waals surface area contributed by atoms with Gasteiger partial charge in [-0.05, 0) is 31.0 Å². The van der Waals surface area contributed by atoms with E-state index in [1.54, 1.807) is 13.0 Å². The van der Waals surface area contributed by atoms with E-state index in [0.717, 1.165) is 6.07 Å². The van der Waals surface area contributed by atoms with E-state index in [1.807, 2.05) is 0 Å². The van der Waals surface area contributed by atoms with Crippen LogP contribution in [0, 0.1) is 6.92 Å². The number of benzene rings is 1. The number of amides is 1. The minimum Gasteiger partial charge on any atom is -0.459 e. The molecule has 2 aromatic rings. The smallest absolute Gasteiger partial charge is 0.416 e. The molecule has 1 saturated heterocycles. The molecule has 3 rings (SSSR count). The van der Waals surface area contributed by atoms with Crippen LogP contribution in [0.1, 0.15) is 39.7 Å². The highest BCUT2D eigenvalue weighted by molar-refractivity contribution is 5.93. The van der Waals surface area contributed by atoms with Gasteiger partial charge in [0.2, 0.25) is 0 Å². The zero-order valence-electron chi connectivity index (χ0n) is 12.9. The Bertz CT molecular complexity index is 754. The third kappa shape index (κ3) is 2.91. The summed E-state index contributed by atoms with van der Waals surface area (Å²) in [6, 6.07) is 5.89. The van der Waals surface area contributed by atoms with Crippen LogP contribution in [-0.4, -0.2) is 28.6 Å². The molecule has 7 heteroatoms. The number of β-amino-alcohol motifs (C(OH)–C–C–N with tert-alkyl or cyclic N) is 1. The van der Waals surface area contributed by atoms with Gasteiger partial charge in [-0.3, -0.25) is 4.79 Å². The Morgan fingerprint density at radius 1 is 1.29 bits per heavy atom. The van der Waals surface area contributed by atoms with Crippen LogP contribution in [0.5, 0.6) is 0 Å². The van der Waals surface area contributed by atoms with Crippen molar-refractivity contribution in [3.05, 3.63) is 59.0 Å². The molecule has 1 amide bonds. The molecule has 2 atom stereocenters. The number of hydrogen-bond acceptors (Lipinski definition) is 3. The summed E-state index contributed by atoms with van der Waals surface area (Å²) in [5, 5.41) is 9.93. The average molecular weight is 339 g/mol. The maximum absolute atomic E-state index is 13.3. The fraction of sp³-hybridized carbons (Fsp3) is 0.353. The number of aliphatic hydroxyl groups is 1. The van der Waals surface area contributed by atoms with Crippen LogP contribution in [0.3, 0.4) is 0 Å². The molecule has 24 heavy (non-hydrogen) atoms. The summed E-state index contributed by atoms with van der Waals surface area (Å²) in [5.74, 6) is -0.436. The van der Waals surface area contributed by atoms with Crippen LogP contribution in [-0.2, 0) is 6.18 Å². The SMILES string of the molecule is Cc1ccoc1C(=O)N1CC(O)CC1c1ccccc1C(F)(F)F. The second-order valence-electron chi connectivity index (χ2n) is 5.88. The summed E-state index contributed by atoms with van der Waals surface area (Å²) >= 11 is 0. The highest BCUT2D eigenvalue weighted by Gasteiger charge is 2.42. The third-order valence-corrected chi connectivity index (χ3v) is 4.22. The lowest BCUT2D eigenvalue weighted by Gasteiger charge is -2.26. The van der Waals surface area contributed by atoms with E-state index in [4.69, 9.17) is 4.42 Å². The van der Waals surface area contributed by atoms with Crippen LogP contribution < -0.4 is 0 Å². The van der Waals surface area contributed by atoms with Gasteiger partial charge in [0.25, 0.3) is 5.91 Å². The van der Waals surface area contributed by atoms with Crippen molar-refractivity contribution in [3.8, 4) is 0 Å². The highest BCUT2D eigenvalue weighted by Crippen LogP contribution is 2.41. The summed E-state index contributed by atoms with van der Waals surface area (Å²) in [5.41, 5.74) is -0.207. The maximum Gasteiger partial charge on any atom is 0.416 e. The van der Waals surface area contributed by atoms with E-state index < -0.39 is 29.8 Å². The highest BCUT2D eigenvalue weighted by atomic mass is 19.4. The lowest BCUT2D eigenvalue weighted by atomic mass is 9.97. The van der Waals surface area contributed by atoms with Gasteiger partial charge in [0, 0.05) is 12.1 Å². The van der Waals surface area contributed by atoms with Crippen molar-refractivity contribution >= 4 is 5.91 Å². The van der Waals surface area contributed by atoms with E-state index in [2.05, 4.69) is 0 Å². The fourth-order valence-electron chi connectivity index (χ4n) is 3.10. The molecule has 0 aliphatic carbocycles. The Balaban J connectivity index is 2.01.